The summed E-state index contributed by atoms with van der Waals surface area (Å²) in [4.78, 5) is 12.0. The van der Waals surface area contributed by atoms with Gasteiger partial charge >= 0.3 is 0 Å². The van der Waals surface area contributed by atoms with E-state index in [9.17, 15) is 4.79 Å². The molecule has 2 aromatic carbocycles. The lowest BCUT2D eigenvalue weighted by molar-refractivity contribution is -0.123. The lowest BCUT2D eigenvalue weighted by Crippen LogP contribution is -2.24. The molecule has 0 heterocycles. The minimum atomic E-state index is -0.326. The van der Waals surface area contributed by atoms with Gasteiger partial charge in [-0.3, -0.25) is 4.79 Å². The van der Waals surface area contributed by atoms with Gasteiger partial charge in [-0.1, -0.05) is 48.3 Å². The number of amides is 1. The maximum absolute atomic E-state index is 12.0. The van der Waals surface area contributed by atoms with Crippen molar-refractivity contribution in [2.24, 2.45) is 5.10 Å². The smallest absolute Gasteiger partial charge is 0.277 e. The molecule has 2 aromatic rings. The van der Waals surface area contributed by atoms with E-state index in [1.54, 1.807) is 6.21 Å². The van der Waals surface area contributed by atoms with E-state index in [2.05, 4.69) is 40.3 Å². The molecule has 5 nitrogen and oxygen atoms in total. The highest BCUT2D eigenvalue weighted by atomic mass is 79.9. The normalized spacial score (nSPS) is 12.0. The Labute approximate surface area is 175 Å². The second-order valence-electron chi connectivity index (χ2n) is 6.46. The van der Waals surface area contributed by atoms with Gasteiger partial charge in [-0.15, -0.1) is 0 Å². The fourth-order valence-electron chi connectivity index (χ4n) is 2.75. The third-order valence-electron chi connectivity index (χ3n) is 4.21. The van der Waals surface area contributed by atoms with E-state index in [0.717, 1.165) is 22.9 Å². The van der Waals surface area contributed by atoms with Crippen LogP contribution in [0.1, 0.15) is 50.7 Å². The Bertz CT molecular complexity index is 791. The summed E-state index contributed by atoms with van der Waals surface area (Å²) >= 11 is 3.42. The molecule has 150 valence electrons. The summed E-state index contributed by atoms with van der Waals surface area (Å²) in [7, 11) is 0. The Balaban J connectivity index is 1.84. The van der Waals surface area contributed by atoms with Crippen LogP contribution in [0, 0.1) is 0 Å². The molecule has 0 aliphatic carbocycles. The highest BCUT2D eigenvalue weighted by Gasteiger charge is 2.06. The van der Waals surface area contributed by atoms with Gasteiger partial charge in [0, 0.05) is 10.0 Å². The van der Waals surface area contributed by atoms with Crippen LogP contribution in [0.4, 0.5) is 0 Å². The SMILES string of the molecule is CCCC(C)c1ccc(OCC(=O)NN=Cc2cc(Br)ccc2OCC)cc1. The summed E-state index contributed by atoms with van der Waals surface area (Å²) in [5, 5.41) is 3.99. The Hall–Kier alpha value is -2.34. The maximum Gasteiger partial charge on any atom is 0.277 e. The molecule has 0 saturated heterocycles. The first-order valence-corrected chi connectivity index (χ1v) is 10.3. The zero-order valence-corrected chi connectivity index (χ0v) is 18.2. The van der Waals surface area contributed by atoms with E-state index < -0.39 is 0 Å². The van der Waals surface area contributed by atoms with Crippen molar-refractivity contribution in [2.75, 3.05) is 13.2 Å². The number of benzene rings is 2. The van der Waals surface area contributed by atoms with Crippen LogP contribution < -0.4 is 14.9 Å². The van der Waals surface area contributed by atoms with Crippen LogP contribution in [0.15, 0.2) is 52.0 Å². The van der Waals surface area contributed by atoms with Gasteiger partial charge in [-0.2, -0.15) is 5.10 Å². The zero-order chi connectivity index (χ0) is 20.4. The average Bonchev–Trinajstić information content (AvgIpc) is 2.69. The molecule has 1 N–H and O–H groups in total. The highest BCUT2D eigenvalue weighted by Crippen LogP contribution is 2.23. The van der Waals surface area contributed by atoms with Gasteiger partial charge in [-0.05, 0) is 55.2 Å². The van der Waals surface area contributed by atoms with Crippen molar-refractivity contribution in [3.63, 3.8) is 0 Å². The number of ether oxygens (including phenoxy) is 2. The topological polar surface area (TPSA) is 59.9 Å². The van der Waals surface area contributed by atoms with Gasteiger partial charge in [0.05, 0.1) is 12.8 Å². The molecule has 0 aromatic heterocycles. The minimum Gasteiger partial charge on any atom is -0.493 e. The van der Waals surface area contributed by atoms with E-state index in [1.165, 1.54) is 5.56 Å². The summed E-state index contributed by atoms with van der Waals surface area (Å²) in [6.45, 7) is 6.77. The second kappa shape index (κ2) is 11.5. The van der Waals surface area contributed by atoms with Gasteiger partial charge in [-0.25, -0.2) is 5.43 Å². The van der Waals surface area contributed by atoms with Crippen molar-refractivity contribution in [1.29, 1.82) is 0 Å². The summed E-state index contributed by atoms with van der Waals surface area (Å²) < 4.78 is 12.0. The summed E-state index contributed by atoms with van der Waals surface area (Å²) in [5.74, 6) is 1.57. The van der Waals surface area contributed by atoms with Crippen LogP contribution in [-0.2, 0) is 4.79 Å². The molecule has 1 amide bonds. The van der Waals surface area contributed by atoms with Crippen molar-refractivity contribution in [2.45, 2.75) is 39.5 Å². The summed E-state index contributed by atoms with van der Waals surface area (Å²) in [6, 6.07) is 13.5. The van der Waals surface area contributed by atoms with Crippen LogP contribution in [0.25, 0.3) is 0 Å². The van der Waals surface area contributed by atoms with E-state index in [4.69, 9.17) is 9.47 Å². The molecular formula is C22H27BrN2O3. The molecule has 1 atom stereocenters. The Kier molecular flexibility index (Phi) is 9.01. The van der Waals surface area contributed by atoms with Crippen molar-refractivity contribution in [1.82, 2.24) is 5.43 Å². The number of hydrogen-bond acceptors (Lipinski definition) is 4. The van der Waals surface area contributed by atoms with E-state index in [-0.39, 0.29) is 12.5 Å². The summed E-state index contributed by atoms with van der Waals surface area (Å²) in [5.41, 5.74) is 4.52. The number of nitrogens with zero attached hydrogens (tertiary/aromatic N) is 1. The van der Waals surface area contributed by atoms with Gasteiger partial charge in [0.2, 0.25) is 0 Å². The van der Waals surface area contributed by atoms with E-state index >= 15 is 0 Å². The lowest BCUT2D eigenvalue weighted by Gasteiger charge is -2.11. The fourth-order valence-corrected chi connectivity index (χ4v) is 3.13. The largest absolute Gasteiger partial charge is 0.493 e. The number of hydrazone groups is 1. The fraction of sp³-hybridized carbons (Fsp3) is 0.364. The zero-order valence-electron chi connectivity index (χ0n) is 16.6. The molecule has 0 radical (unpaired) electrons. The molecular weight excluding hydrogens is 420 g/mol. The van der Waals surface area contributed by atoms with Crippen LogP contribution >= 0.6 is 15.9 Å². The molecule has 6 heteroatoms. The van der Waals surface area contributed by atoms with Gasteiger partial charge in [0.15, 0.2) is 6.61 Å². The van der Waals surface area contributed by atoms with Crippen molar-refractivity contribution < 1.29 is 14.3 Å². The van der Waals surface area contributed by atoms with E-state index in [0.29, 0.717) is 24.0 Å². The Morgan fingerprint density at radius 1 is 1.18 bits per heavy atom. The first-order chi connectivity index (χ1) is 13.5. The number of rotatable bonds is 10. The second-order valence-corrected chi connectivity index (χ2v) is 7.37. The van der Waals surface area contributed by atoms with Crippen molar-refractivity contribution in [3.8, 4) is 11.5 Å². The molecule has 0 fully saturated rings. The highest BCUT2D eigenvalue weighted by molar-refractivity contribution is 9.10. The molecule has 0 saturated carbocycles. The molecule has 1 unspecified atom stereocenters. The number of carbonyl (C=O) groups is 1. The minimum absolute atomic E-state index is 0.0992. The first kappa shape index (κ1) is 22.0. The third kappa shape index (κ3) is 7.00. The van der Waals surface area contributed by atoms with Crippen molar-refractivity contribution >= 4 is 28.1 Å². The van der Waals surface area contributed by atoms with Gasteiger partial charge in [0.1, 0.15) is 11.5 Å². The van der Waals surface area contributed by atoms with Crippen LogP contribution in [0.2, 0.25) is 0 Å². The molecule has 0 aliphatic heterocycles. The number of nitrogens with one attached hydrogen (secondary N) is 1. The molecule has 0 spiro atoms. The molecule has 2 rings (SSSR count). The predicted octanol–water partition coefficient (Wildman–Crippen LogP) is 5.28. The van der Waals surface area contributed by atoms with Crippen LogP contribution in [0.3, 0.4) is 0 Å². The number of halogens is 1. The first-order valence-electron chi connectivity index (χ1n) is 9.50. The number of carbonyl (C=O) groups excluding carboxylic acids is 1. The Morgan fingerprint density at radius 2 is 1.93 bits per heavy atom. The monoisotopic (exact) mass is 446 g/mol. The quantitative estimate of drug-likeness (QED) is 0.398. The van der Waals surface area contributed by atoms with Crippen LogP contribution in [0.5, 0.6) is 11.5 Å². The summed E-state index contributed by atoms with van der Waals surface area (Å²) in [6.07, 6.45) is 3.87. The third-order valence-corrected chi connectivity index (χ3v) is 4.70. The number of hydrogen-bond donors (Lipinski definition) is 1. The molecule has 28 heavy (non-hydrogen) atoms. The van der Waals surface area contributed by atoms with E-state index in [1.807, 2.05) is 49.4 Å². The maximum atomic E-state index is 12.0. The molecule has 0 aliphatic rings. The average molecular weight is 447 g/mol. The Morgan fingerprint density at radius 3 is 2.61 bits per heavy atom. The molecule has 0 bridgehead atoms. The van der Waals surface area contributed by atoms with Crippen LogP contribution in [-0.4, -0.2) is 25.3 Å². The van der Waals surface area contributed by atoms with Gasteiger partial charge < -0.3 is 9.47 Å². The predicted molar refractivity (Wildman–Crippen MR) is 116 cm³/mol. The lowest BCUT2D eigenvalue weighted by atomic mass is 9.97. The van der Waals surface area contributed by atoms with Gasteiger partial charge in [0.25, 0.3) is 5.91 Å². The standard InChI is InChI=1S/C22H27BrN2O3/c1-4-6-16(3)17-7-10-20(11-8-17)28-15-22(26)25-24-14-18-13-19(23)9-12-21(18)27-5-2/h7-14,16H,4-6,15H2,1-3H3,(H,25,26). The van der Waals surface area contributed by atoms with Crippen molar-refractivity contribution in [3.05, 3.63) is 58.1 Å².